The molecule has 39 heavy (non-hydrogen) atoms. The molecule has 0 N–H and O–H groups in total. The van der Waals surface area contributed by atoms with Gasteiger partial charge >= 0.3 is 12.1 Å². The molecule has 9 nitrogen and oxygen atoms in total. The van der Waals surface area contributed by atoms with Crippen molar-refractivity contribution in [3.63, 3.8) is 0 Å². The Morgan fingerprint density at radius 2 is 1.97 bits per heavy atom. The second kappa shape index (κ2) is 11.1. The molecule has 1 atom stereocenters. The number of hydrogen-bond acceptors (Lipinski definition) is 6. The van der Waals surface area contributed by atoms with Crippen LogP contribution in [0.4, 0.5) is 16.2 Å². The maximum atomic E-state index is 12.3. The van der Waals surface area contributed by atoms with E-state index in [1.807, 2.05) is 47.9 Å². The molecule has 1 aliphatic rings. The highest BCUT2D eigenvalue weighted by molar-refractivity contribution is 5.94. The fourth-order valence-corrected chi connectivity index (χ4v) is 5.19. The standard InChI is InChI=1S/C30H32N6O3/c1-20-8-9-23(17-25(20)35(4)30(37)38-5)26-27(22-10-12-24(31-2)13-11-22)33-29(36-16-14-32-28(26)36)39-19-21-7-6-15-34(3)18-21/h8-14,16-17,21H,6-7,15,18-19H2,1,3-5H3/t21-/m1/s1. The number of hydrogen-bond donors (Lipinski definition) is 0. The highest BCUT2D eigenvalue weighted by Gasteiger charge is 2.23. The molecule has 2 aromatic carbocycles. The SMILES string of the molecule is [C-]#[N+]c1ccc(-c2nc(OC[C@@H]3CCCN(C)C3)n3ccnc3c2-c2ccc(C)c(N(C)C(=O)OC)c2)cc1. The maximum absolute atomic E-state index is 12.3. The van der Waals surface area contributed by atoms with Gasteiger partial charge in [-0.15, -0.1) is 0 Å². The number of likely N-dealkylation sites (tertiary alicyclic amines) is 1. The van der Waals surface area contributed by atoms with Crippen molar-refractivity contribution in [1.29, 1.82) is 0 Å². The van der Waals surface area contributed by atoms with E-state index in [9.17, 15) is 4.79 Å². The van der Waals surface area contributed by atoms with Gasteiger partial charge in [0.15, 0.2) is 11.3 Å². The summed E-state index contributed by atoms with van der Waals surface area (Å²) < 4.78 is 13.2. The number of ether oxygens (including phenoxy) is 2. The molecule has 200 valence electrons. The average molecular weight is 525 g/mol. The minimum absolute atomic E-state index is 0.429. The van der Waals surface area contributed by atoms with Gasteiger partial charge in [0.2, 0.25) is 0 Å². The van der Waals surface area contributed by atoms with Crippen molar-refractivity contribution in [2.45, 2.75) is 19.8 Å². The van der Waals surface area contributed by atoms with Crippen molar-refractivity contribution in [2.75, 3.05) is 45.8 Å². The minimum Gasteiger partial charge on any atom is -0.464 e. The number of imidazole rings is 1. The van der Waals surface area contributed by atoms with Crippen molar-refractivity contribution in [2.24, 2.45) is 5.92 Å². The molecule has 9 heteroatoms. The quantitative estimate of drug-likeness (QED) is 0.295. The van der Waals surface area contributed by atoms with E-state index in [1.54, 1.807) is 25.4 Å². The lowest BCUT2D eigenvalue weighted by atomic mass is 9.98. The average Bonchev–Trinajstić information content (AvgIpc) is 3.45. The summed E-state index contributed by atoms with van der Waals surface area (Å²) >= 11 is 0. The first-order valence-corrected chi connectivity index (χ1v) is 13.0. The fraction of sp³-hybridized carbons (Fsp3) is 0.333. The van der Waals surface area contributed by atoms with Gasteiger partial charge in [-0.25, -0.2) is 14.6 Å². The summed E-state index contributed by atoms with van der Waals surface area (Å²) in [6.45, 7) is 12.0. The molecule has 3 heterocycles. The van der Waals surface area contributed by atoms with Gasteiger partial charge < -0.3 is 14.4 Å². The number of rotatable bonds is 6. The summed E-state index contributed by atoms with van der Waals surface area (Å²) in [4.78, 5) is 29.4. The summed E-state index contributed by atoms with van der Waals surface area (Å²) in [6.07, 6.45) is 5.43. The molecule has 0 spiro atoms. The smallest absolute Gasteiger partial charge is 0.413 e. The fourth-order valence-electron chi connectivity index (χ4n) is 5.19. The summed E-state index contributed by atoms with van der Waals surface area (Å²) in [7, 11) is 5.20. The van der Waals surface area contributed by atoms with Crippen molar-refractivity contribution < 1.29 is 14.3 Å². The van der Waals surface area contributed by atoms with Gasteiger partial charge in [-0.2, -0.15) is 4.98 Å². The van der Waals surface area contributed by atoms with Crippen molar-refractivity contribution in [3.8, 4) is 28.4 Å². The van der Waals surface area contributed by atoms with E-state index < -0.39 is 6.09 Å². The Labute approximate surface area is 228 Å². The van der Waals surface area contributed by atoms with Crippen LogP contribution in [-0.4, -0.2) is 66.3 Å². The Kier molecular flexibility index (Phi) is 7.48. The number of carbonyl (C=O) groups excluding carboxylic acids is 1. The number of carbonyl (C=O) groups is 1. The summed E-state index contributed by atoms with van der Waals surface area (Å²) in [5, 5.41) is 0. The third-order valence-electron chi connectivity index (χ3n) is 7.26. The van der Waals surface area contributed by atoms with Crippen LogP contribution in [0.15, 0.2) is 54.9 Å². The first kappa shape index (κ1) is 26.2. The van der Waals surface area contributed by atoms with Crippen LogP contribution in [-0.2, 0) is 4.74 Å². The van der Waals surface area contributed by atoms with Crippen LogP contribution in [0.25, 0.3) is 32.9 Å². The van der Waals surface area contributed by atoms with Gasteiger partial charge in [0.1, 0.15) is 0 Å². The van der Waals surface area contributed by atoms with Gasteiger partial charge in [-0.05, 0) is 56.1 Å². The summed E-state index contributed by atoms with van der Waals surface area (Å²) in [6, 6.07) is 13.8. The second-order valence-corrected chi connectivity index (χ2v) is 10.0. The van der Waals surface area contributed by atoms with Gasteiger partial charge in [-0.1, -0.05) is 36.4 Å². The summed E-state index contributed by atoms with van der Waals surface area (Å²) in [5.41, 5.74) is 6.09. The van der Waals surface area contributed by atoms with Gasteiger partial charge in [-0.3, -0.25) is 9.30 Å². The van der Waals surface area contributed by atoms with Crippen LogP contribution in [0.3, 0.4) is 0 Å². The predicted molar refractivity (Wildman–Crippen MR) is 151 cm³/mol. The Hall–Kier alpha value is -4.42. The van der Waals surface area contributed by atoms with E-state index in [4.69, 9.17) is 26.0 Å². The van der Waals surface area contributed by atoms with E-state index in [0.29, 0.717) is 35.6 Å². The van der Waals surface area contributed by atoms with Crippen LogP contribution < -0.4 is 9.64 Å². The molecule has 0 aliphatic carbocycles. The number of anilines is 1. The van der Waals surface area contributed by atoms with Gasteiger partial charge in [0.05, 0.1) is 37.2 Å². The highest BCUT2D eigenvalue weighted by Crippen LogP contribution is 2.38. The first-order valence-electron chi connectivity index (χ1n) is 13.0. The number of amides is 1. The Morgan fingerprint density at radius 3 is 2.69 bits per heavy atom. The Bertz CT molecular complexity index is 1540. The Balaban J connectivity index is 1.65. The molecule has 1 fully saturated rings. The Morgan fingerprint density at radius 1 is 1.21 bits per heavy atom. The molecular formula is C30H32N6O3. The number of benzene rings is 2. The normalized spacial score (nSPS) is 15.6. The third-order valence-corrected chi connectivity index (χ3v) is 7.26. The van der Waals surface area contributed by atoms with Crippen LogP contribution >= 0.6 is 0 Å². The second-order valence-electron chi connectivity index (χ2n) is 10.0. The molecule has 2 aromatic heterocycles. The molecule has 1 saturated heterocycles. The van der Waals surface area contributed by atoms with E-state index in [1.165, 1.54) is 12.0 Å². The first-order chi connectivity index (χ1) is 18.9. The highest BCUT2D eigenvalue weighted by atomic mass is 16.5. The topological polar surface area (TPSA) is 76.6 Å². The molecule has 1 aliphatic heterocycles. The lowest BCUT2D eigenvalue weighted by Crippen LogP contribution is -2.35. The van der Waals surface area contributed by atoms with Crippen molar-refractivity contribution in [1.82, 2.24) is 19.3 Å². The van der Waals surface area contributed by atoms with E-state index in [-0.39, 0.29) is 0 Å². The molecule has 0 saturated carbocycles. The third kappa shape index (κ3) is 5.29. The largest absolute Gasteiger partial charge is 0.464 e. The van der Waals surface area contributed by atoms with E-state index >= 15 is 0 Å². The number of aromatic nitrogens is 3. The van der Waals surface area contributed by atoms with Crippen LogP contribution in [0.2, 0.25) is 0 Å². The molecule has 0 radical (unpaired) electrons. The number of fused-ring (bicyclic) bond motifs is 1. The predicted octanol–water partition coefficient (Wildman–Crippen LogP) is 5.85. The van der Waals surface area contributed by atoms with Crippen molar-refractivity contribution >= 4 is 23.1 Å². The van der Waals surface area contributed by atoms with Crippen LogP contribution in [0.1, 0.15) is 18.4 Å². The van der Waals surface area contributed by atoms with Crippen molar-refractivity contribution in [3.05, 3.63) is 71.8 Å². The van der Waals surface area contributed by atoms with Gasteiger partial charge in [0, 0.05) is 31.9 Å². The van der Waals surface area contributed by atoms with Crippen LogP contribution in [0, 0.1) is 19.4 Å². The van der Waals surface area contributed by atoms with Crippen LogP contribution in [0.5, 0.6) is 6.01 Å². The molecular weight excluding hydrogens is 492 g/mol. The number of nitrogens with zero attached hydrogens (tertiary/aromatic N) is 6. The number of piperidine rings is 1. The minimum atomic E-state index is -0.452. The molecule has 1 amide bonds. The van der Waals surface area contributed by atoms with Gasteiger partial charge in [0.25, 0.3) is 0 Å². The molecule has 4 aromatic rings. The zero-order valence-corrected chi connectivity index (χ0v) is 22.7. The van der Waals surface area contributed by atoms with E-state index in [0.717, 1.165) is 53.9 Å². The number of methoxy groups -OCH3 is 1. The molecule has 0 unspecified atom stereocenters. The molecule has 0 bridgehead atoms. The van der Waals surface area contributed by atoms with E-state index in [2.05, 4.69) is 16.8 Å². The zero-order valence-electron chi connectivity index (χ0n) is 22.7. The lowest BCUT2D eigenvalue weighted by Gasteiger charge is -2.29. The zero-order chi connectivity index (χ0) is 27.5. The summed E-state index contributed by atoms with van der Waals surface area (Å²) in [5.74, 6) is 0.429. The maximum Gasteiger partial charge on any atom is 0.413 e. The number of aryl methyl sites for hydroxylation is 1. The lowest BCUT2D eigenvalue weighted by molar-refractivity contribution is 0.143. The molecule has 5 rings (SSSR count). The monoisotopic (exact) mass is 524 g/mol.